The van der Waals surface area contributed by atoms with Crippen molar-refractivity contribution in [2.75, 3.05) is 7.11 Å². The standard InChI is InChI=1S/C12H11F3O4/c1-19-8-4-2-7(3-5-8)6-9(11(17)18)10(16)12(13,14)15/h2-5,9H,6H2,1H3,(H,17,18)/p-1. The summed E-state index contributed by atoms with van der Waals surface area (Å²) in [7, 11) is 1.41. The maximum absolute atomic E-state index is 12.2. The van der Waals surface area contributed by atoms with E-state index in [1.165, 1.54) is 31.4 Å². The van der Waals surface area contributed by atoms with Crippen molar-refractivity contribution in [2.24, 2.45) is 5.92 Å². The third kappa shape index (κ3) is 3.97. The van der Waals surface area contributed by atoms with Crippen LogP contribution in [0.1, 0.15) is 5.56 Å². The molecule has 0 aliphatic heterocycles. The molecule has 7 heteroatoms. The number of carboxylic acids is 1. The molecule has 0 amide bonds. The molecule has 0 spiro atoms. The normalized spacial score (nSPS) is 12.8. The Morgan fingerprint density at radius 3 is 2.16 bits per heavy atom. The molecule has 19 heavy (non-hydrogen) atoms. The number of carbonyl (C=O) groups is 2. The Morgan fingerprint density at radius 2 is 1.79 bits per heavy atom. The van der Waals surface area contributed by atoms with Crippen LogP contribution in [0.15, 0.2) is 24.3 Å². The van der Waals surface area contributed by atoms with Crippen molar-refractivity contribution in [3.05, 3.63) is 29.8 Å². The van der Waals surface area contributed by atoms with Gasteiger partial charge in [-0.15, -0.1) is 0 Å². The molecule has 104 valence electrons. The SMILES string of the molecule is COc1ccc(CC(C(=O)[O-])C(=O)C(F)(F)F)cc1. The first-order chi connectivity index (χ1) is 8.75. The molecule has 0 N–H and O–H groups in total. The lowest BCUT2D eigenvalue weighted by molar-refractivity contribution is -0.311. The van der Waals surface area contributed by atoms with Crippen LogP contribution in [0.4, 0.5) is 13.2 Å². The zero-order valence-corrected chi connectivity index (χ0v) is 9.86. The number of halogens is 3. The molecule has 4 nitrogen and oxygen atoms in total. The topological polar surface area (TPSA) is 66.4 Å². The van der Waals surface area contributed by atoms with Crippen LogP contribution in [0.25, 0.3) is 0 Å². The van der Waals surface area contributed by atoms with Gasteiger partial charge in [-0.3, -0.25) is 4.79 Å². The van der Waals surface area contributed by atoms with Gasteiger partial charge in [-0.05, 0) is 24.1 Å². The summed E-state index contributed by atoms with van der Waals surface area (Å²) >= 11 is 0. The molecule has 1 unspecified atom stereocenters. The molecule has 0 heterocycles. The Labute approximate surface area is 106 Å². The Hall–Kier alpha value is -2.05. The lowest BCUT2D eigenvalue weighted by Gasteiger charge is -2.18. The van der Waals surface area contributed by atoms with E-state index in [0.29, 0.717) is 5.75 Å². The number of rotatable bonds is 5. The van der Waals surface area contributed by atoms with Crippen molar-refractivity contribution in [1.29, 1.82) is 0 Å². The van der Waals surface area contributed by atoms with Gasteiger partial charge in [-0.2, -0.15) is 13.2 Å². The second-order valence-corrected chi connectivity index (χ2v) is 3.79. The number of ether oxygens (including phenoxy) is 1. The van der Waals surface area contributed by atoms with E-state index in [-0.39, 0.29) is 5.56 Å². The summed E-state index contributed by atoms with van der Waals surface area (Å²) in [5, 5.41) is 10.7. The maximum Gasteiger partial charge on any atom is 0.450 e. The minimum Gasteiger partial charge on any atom is -0.549 e. The fourth-order valence-electron chi connectivity index (χ4n) is 1.48. The number of hydrogen-bond acceptors (Lipinski definition) is 4. The summed E-state index contributed by atoms with van der Waals surface area (Å²) in [6, 6.07) is 5.69. The van der Waals surface area contributed by atoms with Crippen LogP contribution < -0.4 is 9.84 Å². The molecule has 0 fully saturated rings. The van der Waals surface area contributed by atoms with Gasteiger partial charge in [0.05, 0.1) is 19.0 Å². The molecule has 1 rings (SSSR count). The number of carboxylic acid groups (broad SMARTS) is 1. The van der Waals surface area contributed by atoms with Crippen molar-refractivity contribution in [2.45, 2.75) is 12.6 Å². The van der Waals surface area contributed by atoms with E-state index in [9.17, 15) is 27.9 Å². The van der Waals surface area contributed by atoms with Gasteiger partial charge in [-0.1, -0.05) is 12.1 Å². The van der Waals surface area contributed by atoms with Gasteiger partial charge >= 0.3 is 6.18 Å². The first-order valence-electron chi connectivity index (χ1n) is 5.20. The molecule has 1 atom stereocenters. The molecular weight excluding hydrogens is 265 g/mol. The van der Waals surface area contributed by atoms with E-state index < -0.39 is 30.3 Å². The molecule has 0 radical (unpaired) electrons. The number of ketones is 1. The van der Waals surface area contributed by atoms with Gasteiger partial charge in [0, 0.05) is 0 Å². The smallest absolute Gasteiger partial charge is 0.450 e. The Bertz CT molecular complexity index is 465. The Balaban J connectivity index is 2.90. The summed E-state index contributed by atoms with van der Waals surface area (Å²) in [6.07, 6.45) is -5.78. The third-order valence-corrected chi connectivity index (χ3v) is 2.48. The zero-order valence-electron chi connectivity index (χ0n) is 9.86. The highest BCUT2D eigenvalue weighted by Gasteiger charge is 2.43. The molecule has 0 aromatic heterocycles. The van der Waals surface area contributed by atoms with Crippen LogP contribution in [0.5, 0.6) is 5.75 Å². The second-order valence-electron chi connectivity index (χ2n) is 3.79. The van der Waals surface area contributed by atoms with Crippen molar-refractivity contribution in [3.63, 3.8) is 0 Å². The number of carbonyl (C=O) groups excluding carboxylic acids is 2. The van der Waals surface area contributed by atoms with Crippen LogP contribution in [-0.4, -0.2) is 25.0 Å². The summed E-state index contributed by atoms with van der Waals surface area (Å²) < 4.78 is 41.5. The largest absolute Gasteiger partial charge is 0.549 e. The van der Waals surface area contributed by atoms with Crippen LogP contribution in [0.3, 0.4) is 0 Å². The summed E-state index contributed by atoms with van der Waals surface area (Å²) in [6.45, 7) is 0. The van der Waals surface area contributed by atoms with E-state index in [1.54, 1.807) is 0 Å². The number of aliphatic carboxylic acids is 1. The maximum atomic E-state index is 12.2. The van der Waals surface area contributed by atoms with E-state index >= 15 is 0 Å². The van der Waals surface area contributed by atoms with Gasteiger partial charge in [0.15, 0.2) is 0 Å². The van der Waals surface area contributed by atoms with Gasteiger partial charge in [-0.25, -0.2) is 0 Å². The first-order valence-corrected chi connectivity index (χ1v) is 5.20. The average Bonchev–Trinajstić information content (AvgIpc) is 2.34. The summed E-state index contributed by atoms with van der Waals surface area (Å²) in [5.41, 5.74) is 0.271. The number of methoxy groups -OCH3 is 1. The molecule has 1 aromatic rings. The predicted octanol–water partition coefficient (Wildman–Crippen LogP) is 0.735. The molecule has 0 aliphatic carbocycles. The molecule has 1 aromatic carbocycles. The molecule has 0 aliphatic rings. The van der Waals surface area contributed by atoms with Crippen LogP contribution >= 0.6 is 0 Å². The predicted molar refractivity (Wildman–Crippen MR) is 56.3 cm³/mol. The lowest BCUT2D eigenvalue weighted by atomic mass is 9.95. The van der Waals surface area contributed by atoms with Gasteiger partial charge in [0.25, 0.3) is 0 Å². The van der Waals surface area contributed by atoms with E-state index in [1.807, 2.05) is 0 Å². The summed E-state index contributed by atoms with van der Waals surface area (Å²) in [4.78, 5) is 21.6. The van der Waals surface area contributed by atoms with Crippen molar-refractivity contribution >= 4 is 11.8 Å². The highest BCUT2D eigenvalue weighted by molar-refractivity contribution is 6.00. The fourth-order valence-corrected chi connectivity index (χ4v) is 1.48. The van der Waals surface area contributed by atoms with Crippen molar-refractivity contribution < 1.29 is 32.6 Å². The Morgan fingerprint density at radius 1 is 1.26 bits per heavy atom. The molecule has 0 saturated carbocycles. The lowest BCUT2D eigenvalue weighted by Crippen LogP contribution is -2.43. The first kappa shape index (κ1) is 15.0. The number of benzene rings is 1. The molecule has 0 saturated heterocycles. The zero-order chi connectivity index (χ0) is 14.6. The monoisotopic (exact) mass is 275 g/mol. The van der Waals surface area contributed by atoms with E-state index in [4.69, 9.17) is 4.74 Å². The highest BCUT2D eigenvalue weighted by Crippen LogP contribution is 2.24. The van der Waals surface area contributed by atoms with Crippen LogP contribution in [-0.2, 0) is 16.0 Å². The van der Waals surface area contributed by atoms with Crippen molar-refractivity contribution in [3.8, 4) is 5.75 Å². The van der Waals surface area contributed by atoms with Gasteiger partial charge in [0.2, 0.25) is 5.78 Å². The van der Waals surface area contributed by atoms with Crippen molar-refractivity contribution in [1.82, 2.24) is 0 Å². The molecule has 0 bridgehead atoms. The summed E-state index contributed by atoms with van der Waals surface area (Å²) in [5.74, 6) is -6.13. The average molecular weight is 275 g/mol. The minimum absolute atomic E-state index is 0.271. The third-order valence-electron chi connectivity index (χ3n) is 2.48. The van der Waals surface area contributed by atoms with Crippen LogP contribution in [0.2, 0.25) is 0 Å². The van der Waals surface area contributed by atoms with E-state index in [0.717, 1.165) is 0 Å². The van der Waals surface area contributed by atoms with E-state index in [2.05, 4.69) is 0 Å². The quantitative estimate of drug-likeness (QED) is 0.743. The van der Waals surface area contributed by atoms with Gasteiger partial charge < -0.3 is 14.6 Å². The molecular formula is C12H10F3O4-. The van der Waals surface area contributed by atoms with Crippen LogP contribution in [0, 0.1) is 5.92 Å². The fraction of sp³-hybridized carbons (Fsp3) is 0.333. The Kier molecular flexibility index (Phi) is 4.52. The minimum atomic E-state index is -5.20. The number of Topliss-reactive ketones (excluding diaryl/α,β-unsaturated/α-hetero) is 1. The highest BCUT2D eigenvalue weighted by atomic mass is 19.4. The number of alkyl halides is 3. The number of hydrogen-bond donors (Lipinski definition) is 0. The second kappa shape index (κ2) is 5.73. The van der Waals surface area contributed by atoms with Gasteiger partial charge in [0.1, 0.15) is 5.75 Å².